The Bertz CT molecular complexity index is 634. The van der Waals surface area contributed by atoms with Crippen LogP contribution in [0.25, 0.3) is 12.2 Å². The van der Waals surface area contributed by atoms with Crippen molar-refractivity contribution in [2.75, 3.05) is 27.2 Å². The Hall–Kier alpha value is -1.33. The Morgan fingerprint density at radius 2 is 1.52 bits per heavy atom. The average Bonchev–Trinajstić information content (AvgIpc) is 2.86. The second kappa shape index (κ2) is 7.97. The highest BCUT2D eigenvalue weighted by molar-refractivity contribution is 5.69. The van der Waals surface area contributed by atoms with Gasteiger partial charge in [-0.25, -0.2) is 0 Å². The minimum atomic E-state index is 0. The lowest BCUT2D eigenvalue weighted by molar-refractivity contribution is -0.879. The van der Waals surface area contributed by atoms with E-state index in [1.807, 2.05) is 6.07 Å². The first-order chi connectivity index (χ1) is 10.6. The SMILES string of the molecule is C[N+]1(C)CC[C@@H](Oc2ccc(/C=C/c3ccccc3)cc2)C1.[I-]. The Morgan fingerprint density at radius 3 is 2.09 bits per heavy atom. The Labute approximate surface area is 156 Å². The third kappa shape index (κ3) is 5.36. The molecule has 1 saturated heterocycles. The van der Waals surface area contributed by atoms with Crippen LogP contribution >= 0.6 is 0 Å². The maximum atomic E-state index is 6.09. The Morgan fingerprint density at radius 1 is 0.913 bits per heavy atom. The van der Waals surface area contributed by atoms with Crippen LogP contribution in [0.3, 0.4) is 0 Å². The molecule has 2 aromatic rings. The van der Waals surface area contributed by atoms with Crippen LogP contribution in [0.5, 0.6) is 5.75 Å². The van der Waals surface area contributed by atoms with Crippen LogP contribution < -0.4 is 28.7 Å². The lowest BCUT2D eigenvalue weighted by Gasteiger charge is -2.23. The van der Waals surface area contributed by atoms with Gasteiger partial charge >= 0.3 is 0 Å². The molecule has 3 heteroatoms. The molecule has 0 saturated carbocycles. The zero-order valence-electron chi connectivity index (χ0n) is 13.8. The quantitative estimate of drug-likeness (QED) is 0.408. The van der Waals surface area contributed by atoms with Gasteiger partial charge in [0.15, 0.2) is 6.10 Å². The van der Waals surface area contributed by atoms with E-state index in [4.69, 9.17) is 4.74 Å². The summed E-state index contributed by atoms with van der Waals surface area (Å²) in [6.45, 7) is 2.29. The van der Waals surface area contributed by atoms with Gasteiger partial charge in [-0.2, -0.15) is 0 Å². The predicted octanol–water partition coefficient (Wildman–Crippen LogP) is 1.09. The van der Waals surface area contributed by atoms with Crippen LogP contribution in [0.2, 0.25) is 0 Å². The minimum Gasteiger partial charge on any atom is -1.00 e. The van der Waals surface area contributed by atoms with Crippen molar-refractivity contribution in [3.8, 4) is 5.75 Å². The van der Waals surface area contributed by atoms with Crippen molar-refractivity contribution in [1.29, 1.82) is 0 Å². The number of benzene rings is 2. The van der Waals surface area contributed by atoms with E-state index in [9.17, 15) is 0 Å². The lowest BCUT2D eigenvalue weighted by atomic mass is 10.1. The van der Waals surface area contributed by atoms with E-state index < -0.39 is 0 Å². The first kappa shape index (κ1) is 18.0. The second-order valence-electron chi connectivity index (χ2n) is 6.68. The van der Waals surface area contributed by atoms with Crippen molar-refractivity contribution in [3.05, 3.63) is 65.7 Å². The van der Waals surface area contributed by atoms with Crippen LogP contribution in [0.1, 0.15) is 17.5 Å². The molecule has 0 aromatic heterocycles. The van der Waals surface area contributed by atoms with E-state index in [2.05, 4.69) is 74.8 Å². The molecule has 0 bridgehead atoms. The third-order valence-electron chi connectivity index (χ3n) is 4.20. The van der Waals surface area contributed by atoms with Gasteiger partial charge < -0.3 is 33.2 Å². The number of hydrogen-bond donors (Lipinski definition) is 0. The monoisotopic (exact) mass is 421 g/mol. The molecule has 0 spiro atoms. The van der Waals surface area contributed by atoms with Crippen molar-refractivity contribution < 1.29 is 33.2 Å². The zero-order chi connectivity index (χ0) is 15.4. The van der Waals surface area contributed by atoms with Gasteiger partial charge in [0, 0.05) is 6.42 Å². The van der Waals surface area contributed by atoms with Crippen LogP contribution in [0.15, 0.2) is 54.6 Å². The smallest absolute Gasteiger partial charge is 0.153 e. The predicted molar refractivity (Wildman–Crippen MR) is 92.7 cm³/mol. The van der Waals surface area contributed by atoms with Gasteiger partial charge in [0.2, 0.25) is 0 Å². The van der Waals surface area contributed by atoms with Gasteiger partial charge in [-0.1, -0.05) is 54.6 Å². The van der Waals surface area contributed by atoms with Gasteiger partial charge in [0.1, 0.15) is 12.3 Å². The van der Waals surface area contributed by atoms with Gasteiger partial charge in [-0.3, -0.25) is 0 Å². The fraction of sp³-hybridized carbons (Fsp3) is 0.300. The fourth-order valence-electron chi connectivity index (χ4n) is 2.93. The summed E-state index contributed by atoms with van der Waals surface area (Å²) < 4.78 is 7.15. The number of rotatable bonds is 4. The molecule has 1 heterocycles. The number of hydrogen-bond acceptors (Lipinski definition) is 1. The van der Waals surface area contributed by atoms with Crippen molar-refractivity contribution in [2.24, 2.45) is 0 Å². The van der Waals surface area contributed by atoms with Gasteiger partial charge in [0.05, 0.1) is 20.6 Å². The first-order valence-corrected chi connectivity index (χ1v) is 7.93. The summed E-state index contributed by atoms with van der Waals surface area (Å²) in [6.07, 6.45) is 5.75. The molecule has 1 aliphatic rings. The highest BCUT2D eigenvalue weighted by atomic mass is 127. The molecule has 3 rings (SSSR count). The van der Waals surface area contributed by atoms with Crippen molar-refractivity contribution in [3.63, 3.8) is 0 Å². The van der Waals surface area contributed by atoms with E-state index in [1.165, 1.54) is 17.7 Å². The van der Waals surface area contributed by atoms with E-state index in [1.54, 1.807) is 0 Å². The second-order valence-corrected chi connectivity index (χ2v) is 6.68. The lowest BCUT2D eigenvalue weighted by Crippen LogP contribution is -3.00. The van der Waals surface area contributed by atoms with Crippen molar-refractivity contribution in [2.45, 2.75) is 12.5 Å². The summed E-state index contributed by atoms with van der Waals surface area (Å²) >= 11 is 0. The maximum absolute atomic E-state index is 6.09. The largest absolute Gasteiger partial charge is 1.00 e. The molecule has 0 amide bonds. The van der Waals surface area contributed by atoms with E-state index in [-0.39, 0.29) is 24.0 Å². The summed E-state index contributed by atoms with van der Waals surface area (Å²) in [5.41, 5.74) is 2.41. The number of quaternary nitrogens is 1. The molecule has 23 heavy (non-hydrogen) atoms. The molecular weight excluding hydrogens is 397 g/mol. The Balaban J connectivity index is 0.00000192. The molecule has 0 unspecified atom stereocenters. The highest BCUT2D eigenvalue weighted by Crippen LogP contribution is 2.21. The molecule has 2 aromatic carbocycles. The van der Waals surface area contributed by atoms with Crippen LogP contribution in [-0.2, 0) is 0 Å². The van der Waals surface area contributed by atoms with Gasteiger partial charge in [-0.15, -0.1) is 0 Å². The molecule has 0 N–H and O–H groups in total. The first-order valence-electron chi connectivity index (χ1n) is 7.93. The summed E-state index contributed by atoms with van der Waals surface area (Å²) in [6, 6.07) is 18.7. The number of likely N-dealkylation sites (tertiary alicyclic amines) is 1. The molecule has 0 aliphatic carbocycles. The highest BCUT2D eigenvalue weighted by Gasteiger charge is 2.32. The van der Waals surface area contributed by atoms with E-state index >= 15 is 0 Å². The van der Waals surface area contributed by atoms with Crippen molar-refractivity contribution in [1.82, 2.24) is 0 Å². The van der Waals surface area contributed by atoms with Gasteiger partial charge in [0.25, 0.3) is 0 Å². The molecule has 0 radical (unpaired) electrons. The molecule has 1 fully saturated rings. The molecule has 1 atom stereocenters. The summed E-state index contributed by atoms with van der Waals surface area (Å²) in [5, 5.41) is 0. The standard InChI is InChI=1S/C20H24NO.HI/c1-21(2)15-14-20(16-21)22-19-12-10-18(11-13-19)9-8-17-6-4-3-5-7-17;/h3-13,20H,14-16H2,1-2H3;1H/q+1;/p-1/b9-8+;/t20-;/m1./s1. The summed E-state index contributed by atoms with van der Waals surface area (Å²) in [4.78, 5) is 0. The summed E-state index contributed by atoms with van der Waals surface area (Å²) in [5.74, 6) is 0.976. The maximum Gasteiger partial charge on any atom is 0.153 e. The van der Waals surface area contributed by atoms with E-state index in [0.717, 1.165) is 23.2 Å². The number of nitrogens with zero attached hydrogens (tertiary/aromatic N) is 1. The third-order valence-corrected chi connectivity index (χ3v) is 4.20. The molecule has 2 nitrogen and oxygen atoms in total. The Kier molecular flexibility index (Phi) is 6.25. The van der Waals surface area contributed by atoms with Crippen LogP contribution in [0.4, 0.5) is 0 Å². The normalized spacial score (nSPS) is 19.5. The van der Waals surface area contributed by atoms with E-state index in [0.29, 0.717) is 6.10 Å². The molecular formula is C20H24INO. The summed E-state index contributed by atoms with van der Waals surface area (Å²) in [7, 11) is 4.53. The number of halogens is 1. The van der Waals surface area contributed by atoms with Crippen LogP contribution in [0, 0.1) is 0 Å². The number of likely N-dealkylation sites (N-methyl/N-ethyl adjacent to an activating group) is 1. The zero-order valence-corrected chi connectivity index (χ0v) is 15.9. The number of ether oxygens (including phenoxy) is 1. The molecule has 1 aliphatic heterocycles. The average molecular weight is 421 g/mol. The minimum absolute atomic E-state index is 0. The van der Waals surface area contributed by atoms with Gasteiger partial charge in [-0.05, 0) is 23.3 Å². The molecule has 122 valence electrons. The fourth-order valence-corrected chi connectivity index (χ4v) is 2.93. The topological polar surface area (TPSA) is 9.23 Å². The van der Waals surface area contributed by atoms with Crippen LogP contribution in [-0.4, -0.2) is 37.8 Å². The van der Waals surface area contributed by atoms with Crippen molar-refractivity contribution >= 4 is 12.2 Å².